The van der Waals surface area contributed by atoms with Gasteiger partial charge in [-0.15, -0.1) is 0 Å². The zero-order chi connectivity index (χ0) is 43.7. The van der Waals surface area contributed by atoms with Gasteiger partial charge in [0, 0.05) is 44.4 Å². The zero-order valence-electron chi connectivity index (χ0n) is 33.1. The van der Waals surface area contributed by atoms with E-state index in [0.29, 0.717) is 56.4 Å². The number of esters is 1. The molecule has 2 heterocycles. The Morgan fingerprint density at radius 1 is 0.847 bits per heavy atom. The average molecular weight is 926 g/mol. The van der Waals surface area contributed by atoms with Gasteiger partial charge in [0.1, 0.15) is 18.4 Å². The first-order chi connectivity index (χ1) is 28.0. The lowest BCUT2D eigenvalue weighted by Crippen LogP contribution is -2.46. The topological polar surface area (TPSA) is 229 Å². The van der Waals surface area contributed by atoms with Gasteiger partial charge in [-0.3, -0.25) is 19.0 Å². The monoisotopic (exact) mass is 924 g/mol. The van der Waals surface area contributed by atoms with Crippen LogP contribution in [0.3, 0.4) is 0 Å². The van der Waals surface area contributed by atoms with E-state index in [1.165, 1.54) is 68.2 Å². The van der Waals surface area contributed by atoms with Crippen LogP contribution in [-0.2, 0) is 34.3 Å². The highest BCUT2D eigenvalue weighted by Gasteiger charge is 2.43. The summed E-state index contributed by atoms with van der Waals surface area (Å²) in [7, 11) is -7.70. The molecule has 2 N–H and O–H groups in total. The minimum Gasteiger partial charge on any atom is -0.454 e. The van der Waals surface area contributed by atoms with Gasteiger partial charge in [-0.05, 0) is 85.3 Å². The van der Waals surface area contributed by atoms with Gasteiger partial charge >= 0.3 is 11.7 Å². The first-order valence-corrected chi connectivity index (χ1v) is 22.9. The third-order valence-corrected chi connectivity index (χ3v) is 13.5. The second kappa shape index (κ2) is 20.9. The van der Waals surface area contributed by atoms with Crippen LogP contribution in [0.25, 0.3) is 6.08 Å². The molecule has 1 aliphatic rings. The molecule has 4 rings (SSSR count). The fourth-order valence-corrected chi connectivity index (χ4v) is 9.97. The number of sulfonamides is 2. The summed E-state index contributed by atoms with van der Waals surface area (Å²) in [5.41, 5.74) is -2.61. The third kappa shape index (κ3) is 10.8. The largest absolute Gasteiger partial charge is 0.454 e. The smallest absolute Gasteiger partial charge is 0.340 e. The number of halogens is 1. The maximum absolute atomic E-state index is 13.8. The predicted octanol–water partition coefficient (Wildman–Crippen LogP) is 3.12. The molecule has 0 bridgehead atoms. The van der Waals surface area contributed by atoms with Gasteiger partial charge < -0.3 is 19.7 Å². The lowest BCUT2D eigenvalue weighted by atomic mass is 10.0. The molecule has 0 radical (unpaired) electrons. The Hall–Kier alpha value is -4.15. The van der Waals surface area contributed by atoms with Crippen molar-refractivity contribution < 1.29 is 50.9 Å². The van der Waals surface area contributed by atoms with Crippen molar-refractivity contribution in [2.45, 2.75) is 94.1 Å². The summed E-state index contributed by atoms with van der Waals surface area (Å²) in [6.07, 6.45) is -2.26. The van der Waals surface area contributed by atoms with Crippen LogP contribution in [0, 0.1) is 0 Å². The second-order valence-corrected chi connectivity index (χ2v) is 18.1. The summed E-state index contributed by atoms with van der Waals surface area (Å²) in [4.78, 5) is 67.8. The minimum atomic E-state index is -3.89. The van der Waals surface area contributed by atoms with E-state index in [4.69, 9.17) is 9.47 Å². The number of ketones is 1. The molecule has 1 aromatic heterocycles. The Balaban J connectivity index is 1.50. The molecule has 20 heteroatoms. The van der Waals surface area contributed by atoms with E-state index in [0.717, 1.165) is 10.8 Å². The molecule has 2 aromatic carbocycles. The maximum Gasteiger partial charge on any atom is 0.340 e. The molecule has 3 aromatic rings. The molecule has 0 aliphatic carbocycles. The Kier molecular flexibility index (Phi) is 16.8. The highest BCUT2D eigenvalue weighted by Crippen LogP contribution is 2.30. The molecular formula is C39H49BrN4O13S2. The molecule has 1 unspecified atom stereocenters. The van der Waals surface area contributed by atoms with Crippen molar-refractivity contribution in [3.63, 3.8) is 0 Å². The van der Waals surface area contributed by atoms with Crippen molar-refractivity contribution in [2.24, 2.45) is 0 Å². The minimum absolute atomic E-state index is 0.0259. The Morgan fingerprint density at radius 3 is 1.78 bits per heavy atom. The lowest BCUT2D eigenvalue weighted by molar-refractivity contribution is -0.144. The van der Waals surface area contributed by atoms with E-state index in [1.54, 1.807) is 0 Å². The first-order valence-electron chi connectivity index (χ1n) is 19.1. The number of carbonyl (C=O) groups is 3. The summed E-state index contributed by atoms with van der Waals surface area (Å²) >= 11 is 3.07. The summed E-state index contributed by atoms with van der Waals surface area (Å²) in [5, 5.41) is 21.7. The molecule has 4 atom stereocenters. The van der Waals surface area contributed by atoms with Crippen molar-refractivity contribution in [2.75, 3.05) is 32.8 Å². The van der Waals surface area contributed by atoms with Gasteiger partial charge in [0.15, 0.2) is 6.61 Å². The van der Waals surface area contributed by atoms with Crippen LogP contribution in [0.2, 0.25) is 0 Å². The van der Waals surface area contributed by atoms with Crippen LogP contribution in [0.5, 0.6) is 0 Å². The fourth-order valence-electron chi connectivity index (χ4n) is 6.44. The van der Waals surface area contributed by atoms with Crippen LogP contribution in [0.1, 0.15) is 92.3 Å². The Labute approximate surface area is 351 Å². The normalized spacial score (nSPS) is 17.8. The van der Waals surface area contributed by atoms with E-state index >= 15 is 0 Å². The van der Waals surface area contributed by atoms with Gasteiger partial charge in [-0.2, -0.15) is 13.2 Å². The van der Waals surface area contributed by atoms with Crippen LogP contribution >= 0.6 is 15.9 Å². The number of aliphatic hydroxyl groups is 2. The van der Waals surface area contributed by atoms with Crippen LogP contribution in [0.4, 0.5) is 0 Å². The fraction of sp³-hybridized carbons (Fsp3) is 0.462. The molecule has 0 saturated carbocycles. The highest BCUT2D eigenvalue weighted by molar-refractivity contribution is 9.11. The van der Waals surface area contributed by atoms with E-state index in [-0.39, 0.29) is 32.9 Å². The number of ether oxygens (including phenoxy) is 2. The molecule has 0 spiro atoms. The van der Waals surface area contributed by atoms with Crippen molar-refractivity contribution >= 4 is 59.7 Å². The predicted molar refractivity (Wildman–Crippen MR) is 220 cm³/mol. The SMILES string of the molecule is CCCN(CCC)S(=O)(=O)c1ccc(C(=O)OCC(=O)C(O)[C@H]2O[C@@H](n3cc(/C=C/Br)c(=O)n(C(=O)c4ccc(S(=O)(=O)N(CCC)CCC)cc4)c3=O)C[C@@H]2O)cc1. The van der Waals surface area contributed by atoms with E-state index in [2.05, 4.69) is 15.9 Å². The number of nitrogens with zero attached hydrogens (tertiary/aromatic N) is 4. The second-order valence-electron chi connectivity index (χ2n) is 13.7. The molecular weight excluding hydrogens is 876 g/mol. The number of carbonyl (C=O) groups excluding carboxylic acids is 3. The Bertz CT molecular complexity index is 2330. The number of hydrogen-bond donors (Lipinski definition) is 2. The highest BCUT2D eigenvalue weighted by atomic mass is 79.9. The molecule has 1 fully saturated rings. The van der Waals surface area contributed by atoms with Crippen molar-refractivity contribution in [1.82, 2.24) is 17.7 Å². The summed E-state index contributed by atoms with van der Waals surface area (Å²) in [5.74, 6) is -3.14. The van der Waals surface area contributed by atoms with Crippen LogP contribution in [-0.4, -0.2) is 114 Å². The zero-order valence-corrected chi connectivity index (χ0v) is 36.3. The summed E-state index contributed by atoms with van der Waals surface area (Å²) < 4.78 is 67.3. The molecule has 1 aliphatic heterocycles. The van der Waals surface area contributed by atoms with Gasteiger partial charge in [-0.25, -0.2) is 26.4 Å². The van der Waals surface area contributed by atoms with E-state index in [9.17, 15) is 51.0 Å². The Morgan fingerprint density at radius 2 is 1.32 bits per heavy atom. The molecule has 1 saturated heterocycles. The van der Waals surface area contributed by atoms with E-state index in [1.807, 2.05) is 27.7 Å². The van der Waals surface area contributed by atoms with Gasteiger partial charge in [-0.1, -0.05) is 43.6 Å². The number of aromatic nitrogens is 2. The molecule has 17 nitrogen and oxygen atoms in total. The maximum atomic E-state index is 13.8. The van der Waals surface area contributed by atoms with Crippen molar-refractivity contribution in [3.8, 4) is 0 Å². The summed E-state index contributed by atoms with van der Waals surface area (Å²) in [6.45, 7) is 7.70. The number of benzene rings is 2. The molecule has 59 heavy (non-hydrogen) atoms. The van der Waals surface area contributed by atoms with Gasteiger partial charge in [0.25, 0.3) is 11.5 Å². The molecule has 322 valence electrons. The third-order valence-electron chi connectivity index (χ3n) is 9.38. The average Bonchev–Trinajstić information content (AvgIpc) is 3.61. The van der Waals surface area contributed by atoms with Gasteiger partial charge in [0.05, 0.1) is 27.0 Å². The number of rotatable bonds is 20. The standard InChI is InChI=1S/C39H49BrN4O13S2/c1-5-19-41(20-6-2)58(52,53)29-13-9-26(10-14-29)36(48)44-37(49)28(17-18-40)24-43(39(44)51)33-23-31(45)35(57-33)34(47)32(46)25-56-38(50)27-11-15-30(16-12-27)59(54,55)42(21-7-3)22-8-4/h9-18,24,31,33-35,45,47H,5-8,19-23,25H2,1-4H3/b18-17+/t31-,33+,34?,35-/m0/s1. The first kappa shape index (κ1) is 47.5. The number of aliphatic hydroxyl groups excluding tert-OH is 2. The lowest BCUT2D eigenvalue weighted by Gasteiger charge is -2.21. The van der Waals surface area contributed by atoms with Crippen LogP contribution in [0.15, 0.2) is 79.1 Å². The van der Waals surface area contributed by atoms with E-state index < -0.39 is 80.1 Å². The van der Waals surface area contributed by atoms with Crippen molar-refractivity contribution in [3.05, 3.63) is 97.2 Å². The number of Topliss-reactive ketones (excluding diaryl/α,β-unsaturated/α-hetero) is 1. The molecule has 0 amide bonds. The van der Waals surface area contributed by atoms with Crippen LogP contribution < -0.4 is 11.2 Å². The van der Waals surface area contributed by atoms with Gasteiger partial charge in [0.2, 0.25) is 25.8 Å². The van der Waals surface area contributed by atoms with Crippen molar-refractivity contribution in [1.29, 1.82) is 0 Å². The summed E-state index contributed by atoms with van der Waals surface area (Å²) in [6, 6.07) is 9.76. The quantitative estimate of drug-likeness (QED) is 0.156. The number of hydrogen-bond acceptors (Lipinski definition) is 13.